The van der Waals surface area contributed by atoms with Crippen LogP contribution in [0.4, 0.5) is 17.6 Å². The fourth-order valence-electron chi connectivity index (χ4n) is 5.84. The lowest BCUT2D eigenvalue weighted by Crippen LogP contribution is -2.60. The number of likely N-dealkylation sites (tertiary alicyclic amines) is 1. The number of halogens is 4. The van der Waals surface area contributed by atoms with E-state index in [0.717, 1.165) is 51.3 Å². The molecule has 1 aromatic rings. The van der Waals surface area contributed by atoms with Crippen molar-refractivity contribution in [3.63, 3.8) is 0 Å². The Morgan fingerprint density at radius 3 is 2.50 bits per heavy atom. The molecule has 4 rings (SSSR count). The summed E-state index contributed by atoms with van der Waals surface area (Å²) in [7, 11) is 0. The molecule has 3 aliphatic rings. The number of carbonyl (C=O) groups is 3. The fraction of sp³-hybridized carbons (Fsp3) is 0.640. The summed E-state index contributed by atoms with van der Waals surface area (Å²) in [5.74, 6) is -1.19. The molecule has 1 aromatic carbocycles. The van der Waals surface area contributed by atoms with Crippen molar-refractivity contribution in [3.8, 4) is 0 Å². The van der Waals surface area contributed by atoms with Crippen LogP contribution in [0, 0.1) is 23.6 Å². The Labute approximate surface area is 207 Å². The smallest absolute Gasteiger partial charge is 0.350 e. The van der Waals surface area contributed by atoms with Gasteiger partial charge in [-0.05, 0) is 61.6 Å². The summed E-state index contributed by atoms with van der Waals surface area (Å²) in [6, 6.07) is 2.67. The molecule has 2 N–H and O–H groups in total. The minimum absolute atomic E-state index is 0.0744. The maximum absolute atomic E-state index is 13.5. The molecule has 0 bridgehead atoms. The summed E-state index contributed by atoms with van der Waals surface area (Å²) in [6.45, 7) is 2.92. The first-order chi connectivity index (χ1) is 17.0. The van der Waals surface area contributed by atoms with Gasteiger partial charge in [0.25, 0.3) is 0 Å². The first kappa shape index (κ1) is 26.4. The lowest BCUT2D eigenvalue weighted by atomic mass is 9.69. The number of fused-ring (bicyclic) bond motifs is 1. The minimum Gasteiger partial charge on any atom is -0.350 e. The number of nitrogens with one attached hydrogen (secondary N) is 2. The standard InChI is InChI=1S/C25H32F4N4O3/c1-15(34)32-8-6-17(7-9-32)18-3-5-22-19(11-18)24(36)33(14-31-22)13-23(35)30-12-16-2-4-21(26)20(10-16)25(27,28)29/h2,4,10,17-19,22,31H,3,5-9,11-14H2,1H3,(H,30,35). The van der Waals surface area contributed by atoms with Crippen LogP contribution in [-0.2, 0) is 27.1 Å². The number of alkyl halides is 3. The SMILES string of the molecule is CC(=O)N1CCC(C2CCC3NCN(CC(=O)NCc4ccc(F)c(C(F)(F)F)c4)C(=O)C3C2)CC1. The Morgan fingerprint density at radius 2 is 1.83 bits per heavy atom. The second-order valence-corrected chi connectivity index (χ2v) is 10.1. The van der Waals surface area contributed by atoms with Gasteiger partial charge in [0.15, 0.2) is 0 Å². The van der Waals surface area contributed by atoms with Crippen molar-refractivity contribution in [2.24, 2.45) is 17.8 Å². The molecule has 198 valence electrons. The average Bonchev–Trinajstić information content (AvgIpc) is 2.84. The minimum atomic E-state index is -4.82. The van der Waals surface area contributed by atoms with E-state index in [1.165, 1.54) is 11.0 Å². The molecule has 2 aliphatic heterocycles. The number of rotatable bonds is 5. The van der Waals surface area contributed by atoms with Gasteiger partial charge in [-0.2, -0.15) is 13.2 Å². The molecule has 36 heavy (non-hydrogen) atoms. The van der Waals surface area contributed by atoms with Gasteiger partial charge in [0.05, 0.1) is 18.2 Å². The molecule has 3 unspecified atom stereocenters. The van der Waals surface area contributed by atoms with Gasteiger partial charge in [0, 0.05) is 32.6 Å². The highest BCUT2D eigenvalue weighted by Crippen LogP contribution is 2.40. The van der Waals surface area contributed by atoms with Crippen LogP contribution in [0.25, 0.3) is 0 Å². The van der Waals surface area contributed by atoms with Crippen molar-refractivity contribution in [2.75, 3.05) is 26.3 Å². The molecule has 0 aromatic heterocycles. The molecule has 11 heteroatoms. The third kappa shape index (κ3) is 5.99. The average molecular weight is 513 g/mol. The van der Waals surface area contributed by atoms with Crippen LogP contribution < -0.4 is 10.6 Å². The molecular formula is C25H32F4N4O3. The fourth-order valence-corrected chi connectivity index (χ4v) is 5.84. The zero-order valence-corrected chi connectivity index (χ0v) is 20.2. The maximum atomic E-state index is 13.5. The van der Waals surface area contributed by atoms with Gasteiger partial charge in [-0.1, -0.05) is 6.07 Å². The number of benzene rings is 1. The number of carbonyl (C=O) groups excluding carboxylic acids is 3. The van der Waals surface area contributed by atoms with Crippen molar-refractivity contribution >= 4 is 17.7 Å². The van der Waals surface area contributed by atoms with Gasteiger partial charge in [0.1, 0.15) is 12.4 Å². The quantitative estimate of drug-likeness (QED) is 0.595. The van der Waals surface area contributed by atoms with E-state index >= 15 is 0 Å². The second-order valence-electron chi connectivity index (χ2n) is 10.1. The predicted octanol–water partition coefficient (Wildman–Crippen LogP) is 2.89. The third-order valence-corrected chi connectivity index (χ3v) is 7.88. The van der Waals surface area contributed by atoms with E-state index < -0.39 is 23.5 Å². The second kappa shape index (κ2) is 10.7. The van der Waals surface area contributed by atoms with Crippen LogP contribution in [0.2, 0.25) is 0 Å². The number of amides is 3. The van der Waals surface area contributed by atoms with Gasteiger partial charge in [-0.25, -0.2) is 4.39 Å². The van der Waals surface area contributed by atoms with Crippen molar-refractivity contribution < 1.29 is 31.9 Å². The zero-order valence-electron chi connectivity index (χ0n) is 20.2. The molecule has 3 fully saturated rings. The molecule has 0 radical (unpaired) electrons. The Morgan fingerprint density at radius 1 is 1.11 bits per heavy atom. The van der Waals surface area contributed by atoms with Crippen LogP contribution in [0.5, 0.6) is 0 Å². The Kier molecular flexibility index (Phi) is 7.87. The van der Waals surface area contributed by atoms with Gasteiger partial charge in [-0.3, -0.25) is 19.7 Å². The normalized spacial score (nSPS) is 25.5. The van der Waals surface area contributed by atoms with E-state index in [9.17, 15) is 31.9 Å². The highest BCUT2D eigenvalue weighted by atomic mass is 19.4. The lowest BCUT2D eigenvalue weighted by Gasteiger charge is -2.46. The highest BCUT2D eigenvalue weighted by Gasteiger charge is 2.43. The van der Waals surface area contributed by atoms with Gasteiger partial charge >= 0.3 is 6.18 Å². The number of piperidine rings is 1. The van der Waals surface area contributed by atoms with Crippen LogP contribution >= 0.6 is 0 Å². The number of hydrogen-bond donors (Lipinski definition) is 2. The van der Waals surface area contributed by atoms with Gasteiger partial charge < -0.3 is 15.1 Å². The van der Waals surface area contributed by atoms with E-state index in [1.807, 2.05) is 4.90 Å². The first-order valence-electron chi connectivity index (χ1n) is 12.4. The maximum Gasteiger partial charge on any atom is 0.419 e. The van der Waals surface area contributed by atoms with Crippen LogP contribution in [0.15, 0.2) is 18.2 Å². The van der Waals surface area contributed by atoms with Crippen molar-refractivity contribution in [2.45, 2.75) is 57.8 Å². The van der Waals surface area contributed by atoms with E-state index in [1.54, 1.807) is 6.92 Å². The molecule has 3 atom stereocenters. The molecule has 1 aliphatic carbocycles. The summed E-state index contributed by atoms with van der Waals surface area (Å²) in [5.41, 5.74) is -1.26. The van der Waals surface area contributed by atoms with Crippen LogP contribution in [-0.4, -0.2) is 59.9 Å². The summed E-state index contributed by atoms with van der Waals surface area (Å²) in [5, 5.41) is 5.89. The Bertz CT molecular complexity index is 994. The van der Waals surface area contributed by atoms with E-state index in [-0.39, 0.29) is 49.1 Å². The molecule has 1 saturated carbocycles. The summed E-state index contributed by atoms with van der Waals surface area (Å²) >= 11 is 0. The first-order valence-corrected chi connectivity index (χ1v) is 12.4. The third-order valence-electron chi connectivity index (χ3n) is 7.88. The lowest BCUT2D eigenvalue weighted by molar-refractivity contribution is -0.146. The summed E-state index contributed by atoms with van der Waals surface area (Å²) < 4.78 is 52.2. The number of hydrogen-bond acceptors (Lipinski definition) is 4. The summed E-state index contributed by atoms with van der Waals surface area (Å²) in [6.07, 6.45) is -0.280. The van der Waals surface area contributed by atoms with E-state index in [2.05, 4.69) is 10.6 Å². The Balaban J connectivity index is 1.29. The van der Waals surface area contributed by atoms with Crippen molar-refractivity contribution in [1.82, 2.24) is 20.4 Å². The largest absolute Gasteiger partial charge is 0.419 e. The number of nitrogens with zero attached hydrogens (tertiary/aromatic N) is 2. The van der Waals surface area contributed by atoms with Gasteiger partial charge in [-0.15, -0.1) is 0 Å². The highest BCUT2D eigenvalue weighted by molar-refractivity contribution is 5.86. The van der Waals surface area contributed by atoms with E-state index in [4.69, 9.17) is 0 Å². The molecule has 0 spiro atoms. The summed E-state index contributed by atoms with van der Waals surface area (Å²) in [4.78, 5) is 40.6. The molecule has 7 nitrogen and oxygen atoms in total. The predicted molar refractivity (Wildman–Crippen MR) is 123 cm³/mol. The van der Waals surface area contributed by atoms with Gasteiger partial charge in [0.2, 0.25) is 17.7 Å². The van der Waals surface area contributed by atoms with Crippen LogP contribution in [0.3, 0.4) is 0 Å². The topological polar surface area (TPSA) is 81.8 Å². The van der Waals surface area contributed by atoms with E-state index in [0.29, 0.717) is 17.9 Å². The molecule has 2 heterocycles. The Hall–Kier alpha value is -2.69. The molecule has 3 amide bonds. The molecular weight excluding hydrogens is 480 g/mol. The molecule has 2 saturated heterocycles. The van der Waals surface area contributed by atoms with Crippen LogP contribution in [0.1, 0.15) is 50.2 Å². The van der Waals surface area contributed by atoms with Crippen molar-refractivity contribution in [1.29, 1.82) is 0 Å². The zero-order chi connectivity index (χ0) is 26.0. The van der Waals surface area contributed by atoms with Crippen molar-refractivity contribution in [3.05, 3.63) is 35.1 Å². The monoisotopic (exact) mass is 512 g/mol.